The van der Waals surface area contributed by atoms with Gasteiger partial charge in [-0.3, -0.25) is 19.2 Å². The van der Waals surface area contributed by atoms with Crippen LogP contribution < -0.4 is 0 Å². The second-order valence-corrected chi connectivity index (χ2v) is 10.4. The molecule has 0 saturated heterocycles. The van der Waals surface area contributed by atoms with Crippen LogP contribution in [-0.4, -0.2) is 46.9 Å². The Bertz CT molecular complexity index is 933. The molecule has 3 saturated carbocycles. The summed E-state index contributed by atoms with van der Waals surface area (Å²) in [6.45, 7) is 6.16. The molecule has 0 aromatic heterocycles. The SMILES string of the molecule is CC(=O)OCC(=O)C1(O)CCC2C3CCC4=CC(=O)C=C[C@]4(C)[C@H]3[C@@H](OC(C)=O)C[C@@]21C. The van der Waals surface area contributed by atoms with Gasteiger partial charge in [-0.2, -0.15) is 0 Å². The Morgan fingerprint density at radius 3 is 2.53 bits per heavy atom. The fraction of sp³-hybridized carbons (Fsp3) is 0.680. The van der Waals surface area contributed by atoms with Gasteiger partial charge >= 0.3 is 11.9 Å². The maximum atomic E-state index is 13.1. The number of fused-ring (bicyclic) bond motifs is 5. The summed E-state index contributed by atoms with van der Waals surface area (Å²) in [5.41, 5.74) is -1.81. The van der Waals surface area contributed by atoms with E-state index in [2.05, 4.69) is 6.92 Å². The highest BCUT2D eigenvalue weighted by molar-refractivity contribution is 6.01. The summed E-state index contributed by atoms with van der Waals surface area (Å²) < 4.78 is 10.8. The van der Waals surface area contributed by atoms with E-state index in [-0.39, 0.29) is 30.0 Å². The predicted octanol–water partition coefficient (Wildman–Crippen LogP) is 2.70. The molecule has 0 amide bonds. The van der Waals surface area contributed by atoms with Gasteiger partial charge in [-0.05, 0) is 56.1 Å². The Kier molecular flexibility index (Phi) is 5.47. The van der Waals surface area contributed by atoms with Crippen molar-refractivity contribution >= 4 is 23.5 Å². The number of ether oxygens (including phenoxy) is 2. The van der Waals surface area contributed by atoms with Crippen molar-refractivity contribution in [1.82, 2.24) is 0 Å². The van der Waals surface area contributed by atoms with E-state index in [4.69, 9.17) is 9.47 Å². The van der Waals surface area contributed by atoms with Crippen molar-refractivity contribution in [2.45, 2.75) is 71.5 Å². The molecule has 174 valence electrons. The van der Waals surface area contributed by atoms with Crippen LogP contribution in [0.4, 0.5) is 0 Å². The molecule has 4 aliphatic rings. The van der Waals surface area contributed by atoms with Crippen LogP contribution in [0.2, 0.25) is 0 Å². The summed E-state index contributed by atoms with van der Waals surface area (Å²) >= 11 is 0. The number of Topliss-reactive ketones (excluding diaryl/α,β-unsaturated/α-hetero) is 1. The molecule has 0 aromatic rings. The normalized spacial score (nSPS) is 42.3. The third-order valence-corrected chi connectivity index (χ3v) is 8.81. The van der Waals surface area contributed by atoms with Crippen LogP contribution in [0.3, 0.4) is 0 Å². The van der Waals surface area contributed by atoms with Crippen LogP contribution in [0.5, 0.6) is 0 Å². The van der Waals surface area contributed by atoms with Gasteiger partial charge in [0.25, 0.3) is 0 Å². The van der Waals surface area contributed by atoms with Gasteiger partial charge in [-0.25, -0.2) is 0 Å². The molecule has 0 bridgehead atoms. The Morgan fingerprint density at radius 1 is 1.16 bits per heavy atom. The molecule has 0 radical (unpaired) electrons. The molecular formula is C25H32O7. The van der Waals surface area contributed by atoms with Crippen molar-refractivity contribution in [3.63, 3.8) is 0 Å². The zero-order chi connectivity index (χ0) is 23.5. The van der Waals surface area contributed by atoms with Gasteiger partial charge < -0.3 is 14.6 Å². The largest absolute Gasteiger partial charge is 0.462 e. The topological polar surface area (TPSA) is 107 Å². The molecule has 3 fully saturated rings. The second-order valence-electron chi connectivity index (χ2n) is 10.4. The molecule has 32 heavy (non-hydrogen) atoms. The van der Waals surface area contributed by atoms with E-state index in [9.17, 15) is 24.3 Å². The minimum absolute atomic E-state index is 0.0214. The van der Waals surface area contributed by atoms with Crippen LogP contribution in [0.15, 0.2) is 23.8 Å². The lowest BCUT2D eigenvalue weighted by Crippen LogP contribution is -2.62. The summed E-state index contributed by atoms with van der Waals surface area (Å²) in [6.07, 6.45) is 7.62. The molecule has 0 aliphatic heterocycles. The zero-order valence-electron chi connectivity index (χ0n) is 19.2. The number of rotatable bonds is 4. The van der Waals surface area contributed by atoms with Gasteiger partial charge in [0.05, 0.1) is 0 Å². The summed E-state index contributed by atoms with van der Waals surface area (Å²) in [5, 5.41) is 11.6. The zero-order valence-corrected chi connectivity index (χ0v) is 19.2. The first-order valence-electron chi connectivity index (χ1n) is 11.4. The number of carbonyl (C=O) groups excluding carboxylic acids is 4. The molecule has 4 rings (SSSR count). The molecule has 0 spiro atoms. The number of carbonyl (C=O) groups is 4. The maximum absolute atomic E-state index is 13.1. The molecule has 7 heteroatoms. The lowest BCUT2D eigenvalue weighted by atomic mass is 9.46. The van der Waals surface area contributed by atoms with Crippen LogP contribution in [-0.2, 0) is 28.7 Å². The monoisotopic (exact) mass is 444 g/mol. The molecule has 1 N–H and O–H groups in total. The van der Waals surface area contributed by atoms with E-state index < -0.39 is 46.9 Å². The highest BCUT2D eigenvalue weighted by Gasteiger charge is 2.68. The van der Waals surface area contributed by atoms with E-state index in [0.717, 1.165) is 18.4 Å². The average molecular weight is 445 g/mol. The fourth-order valence-electron chi connectivity index (χ4n) is 7.36. The van der Waals surface area contributed by atoms with E-state index in [0.29, 0.717) is 12.8 Å². The maximum Gasteiger partial charge on any atom is 0.303 e. The Balaban J connectivity index is 1.73. The first-order valence-corrected chi connectivity index (χ1v) is 11.4. The van der Waals surface area contributed by atoms with Gasteiger partial charge in [0.2, 0.25) is 5.78 Å². The van der Waals surface area contributed by atoms with Crippen LogP contribution in [0.1, 0.15) is 59.8 Å². The van der Waals surface area contributed by atoms with Crippen molar-refractivity contribution in [2.75, 3.05) is 6.61 Å². The fourth-order valence-corrected chi connectivity index (χ4v) is 7.36. The Labute approximate surface area is 188 Å². The Hall–Kier alpha value is -2.28. The minimum atomic E-state index is -1.65. The van der Waals surface area contributed by atoms with Crippen LogP contribution in [0, 0.1) is 28.6 Å². The van der Waals surface area contributed by atoms with E-state index in [1.807, 2.05) is 13.0 Å². The lowest BCUT2D eigenvalue weighted by Gasteiger charge is -2.60. The van der Waals surface area contributed by atoms with Gasteiger partial charge in [-0.15, -0.1) is 0 Å². The van der Waals surface area contributed by atoms with Crippen molar-refractivity contribution < 1.29 is 33.8 Å². The number of ketones is 2. The highest BCUT2D eigenvalue weighted by atomic mass is 16.5. The average Bonchev–Trinajstić information content (AvgIpc) is 2.97. The molecule has 4 aliphatic carbocycles. The van der Waals surface area contributed by atoms with E-state index >= 15 is 0 Å². The summed E-state index contributed by atoms with van der Waals surface area (Å²) in [4.78, 5) is 48.4. The van der Waals surface area contributed by atoms with Gasteiger partial charge in [0, 0.05) is 30.6 Å². The Morgan fingerprint density at radius 2 is 1.88 bits per heavy atom. The first-order chi connectivity index (χ1) is 14.9. The van der Waals surface area contributed by atoms with Crippen LogP contribution in [0.25, 0.3) is 0 Å². The van der Waals surface area contributed by atoms with Gasteiger partial charge in [0.1, 0.15) is 11.7 Å². The number of hydrogen-bond donors (Lipinski definition) is 1. The quantitative estimate of drug-likeness (QED) is 0.664. The number of esters is 2. The minimum Gasteiger partial charge on any atom is -0.462 e. The molecule has 0 aromatic carbocycles. The van der Waals surface area contributed by atoms with Crippen molar-refractivity contribution in [3.05, 3.63) is 23.8 Å². The third kappa shape index (κ3) is 3.28. The van der Waals surface area contributed by atoms with Gasteiger partial charge in [0.15, 0.2) is 12.4 Å². The molecule has 7 nitrogen and oxygen atoms in total. The summed E-state index contributed by atoms with van der Waals surface area (Å²) in [6, 6.07) is 0. The van der Waals surface area contributed by atoms with Crippen molar-refractivity contribution in [2.24, 2.45) is 28.6 Å². The number of allylic oxidation sites excluding steroid dienone is 4. The van der Waals surface area contributed by atoms with Crippen LogP contribution >= 0.6 is 0 Å². The smallest absolute Gasteiger partial charge is 0.303 e. The standard InChI is InChI=1S/C25H32O7/c1-14(26)31-13-21(29)25(30)10-8-19-18-6-5-16-11-17(28)7-9-23(16,3)22(18)20(32-15(2)27)12-24(19,25)4/h7,9,11,18-20,22,30H,5-6,8,10,12-13H2,1-4H3/t18?,19?,20-,22+,23-,24-,25?/m0/s1. The molecule has 7 atom stereocenters. The number of aliphatic hydroxyl groups is 1. The van der Waals surface area contributed by atoms with Crippen molar-refractivity contribution in [1.29, 1.82) is 0 Å². The molecule has 3 unspecified atom stereocenters. The highest BCUT2D eigenvalue weighted by Crippen LogP contribution is 2.67. The summed E-state index contributed by atoms with van der Waals surface area (Å²) in [7, 11) is 0. The number of hydrogen-bond acceptors (Lipinski definition) is 7. The van der Waals surface area contributed by atoms with E-state index in [1.165, 1.54) is 13.8 Å². The molecule has 0 heterocycles. The van der Waals surface area contributed by atoms with Gasteiger partial charge in [-0.1, -0.05) is 25.5 Å². The lowest BCUT2D eigenvalue weighted by molar-refractivity contribution is -0.192. The third-order valence-electron chi connectivity index (χ3n) is 8.81. The summed E-state index contributed by atoms with van der Waals surface area (Å²) in [5.74, 6) is -1.36. The second kappa shape index (κ2) is 7.65. The molecular weight excluding hydrogens is 412 g/mol. The van der Waals surface area contributed by atoms with E-state index in [1.54, 1.807) is 12.2 Å². The van der Waals surface area contributed by atoms with Crippen molar-refractivity contribution in [3.8, 4) is 0 Å². The predicted molar refractivity (Wildman–Crippen MR) is 114 cm³/mol. The first kappa shape index (κ1) is 22.9.